The number of nitrogens with zero attached hydrogens (tertiary/aromatic N) is 2. The van der Waals surface area contributed by atoms with Gasteiger partial charge >= 0.3 is 5.69 Å². The number of hydrogen-bond acceptors (Lipinski definition) is 29. The number of carbonyl (C=O) groups excluding carboxylic acids is 10. The largest absolute Gasteiger partial charge is 0.508 e. The molecule has 22 N–H and O–H groups in total. The number of primary amides is 1. The minimum Gasteiger partial charge on any atom is -0.508 e. The topological polar surface area (TPSA) is 601 Å². The monoisotopic (exact) mass is 1800 g/mol. The molecule has 7 aliphatic heterocycles. The van der Waals surface area contributed by atoms with Crippen LogP contribution in [0.5, 0.6) is 46.0 Å². The highest BCUT2D eigenvalue weighted by Crippen LogP contribution is 2.50. The van der Waals surface area contributed by atoms with E-state index in [0.717, 1.165) is 73.7 Å². The number of nitrogens with two attached hydrogens (primary N) is 1. The van der Waals surface area contributed by atoms with Crippen molar-refractivity contribution in [2.75, 3.05) is 25.5 Å². The summed E-state index contributed by atoms with van der Waals surface area (Å²) in [4.78, 5) is 162. The van der Waals surface area contributed by atoms with Crippen LogP contribution in [0.3, 0.4) is 0 Å². The molecule has 10 amide bonds. The SMILES string of the molecule is CNC(CC(C)C)C(=O)NC1C(=O)NC(CC(N)=O)C(=O)NC2C(=O)NC3C(=O)NC(C(=O)NC(C(=O)NNC(C)=O)c4cc(O)cc(O)c4-c4cc3ccc4O)C(O)c3ccc(c(Cl)c3)Oc3cc2cc(c3OC2OC(CO)C(O)C(O)C2OC2CC(C)(NCCn3ccc(NC(=O)/C=C/c4ccc(Cl)cc4)nc3=O)C(O)C(C)O2)Oc2ccc(cc2Cl)C1O. The van der Waals surface area contributed by atoms with Crippen molar-refractivity contribution in [3.63, 3.8) is 0 Å². The van der Waals surface area contributed by atoms with Gasteiger partial charge in [-0.25, -0.2) is 4.79 Å². The van der Waals surface area contributed by atoms with Gasteiger partial charge in [0.25, 0.3) is 5.91 Å². The van der Waals surface area contributed by atoms with Gasteiger partial charge in [0.05, 0.1) is 41.3 Å². The summed E-state index contributed by atoms with van der Waals surface area (Å²) >= 11 is 20.3. The molecule has 0 aliphatic carbocycles. The Kier molecular flexibility index (Phi) is 29.2. The number of amides is 10. The van der Waals surface area contributed by atoms with Crippen LogP contribution in [0, 0.1) is 5.92 Å². The standard InChI is InChI=1S/C83H91Cl3N14O26/c1-34(2)23-48(88-6)74(113)96-65-67(108)39-11-16-52(46(85)25-39)122-54-27-41-28-55(71(54)126-81-72(70(111)69(110)56(33-101)124-81)125-60-32-83(5,73(112)35(3)121-60)89-20-22-100-21-19-58(92-82(100)120)91-59(107)18-9-37-7-13-42(84)14-8-37)123-53-17-12-40(26-47(53)86)68(109)66-79(118)95-64(80(119)99-98-36(4)102)45-29-43(103)30-51(105)61(45)44-24-38(10-15-50(44)104)62(76(115)97-66)94-77(116)63(41)93-75(114)49(31-57(87)106)90-78(65)117/h7-19,21,24-30,34-35,48-49,56,60,62-70,72-73,81,88-89,101,103-105,108-112H,20,22-23,31-33H2,1-6H3,(H2,87,106)(H,90,117)(H,93,114)(H,94,116)(H,95,118)(H,96,113)(H,97,115)(H,98,102)(H,99,119)(H,91,92,107,120)/b18-9+. The quantitative estimate of drug-likeness (QED) is 0.0379. The van der Waals surface area contributed by atoms with Gasteiger partial charge in [0.2, 0.25) is 65.2 Å². The molecule has 43 heteroatoms. The van der Waals surface area contributed by atoms with Gasteiger partial charge in [0.1, 0.15) is 101 Å². The highest BCUT2D eigenvalue weighted by Gasteiger charge is 2.52. The first kappa shape index (κ1) is 93.0. The van der Waals surface area contributed by atoms with Crippen LogP contribution in [-0.4, -0.2) is 214 Å². The van der Waals surface area contributed by atoms with Crippen LogP contribution in [0.1, 0.15) is 118 Å². The number of phenols is 3. The number of fused-ring (bicyclic) bond motifs is 15. The van der Waals surface area contributed by atoms with Crippen molar-refractivity contribution >= 4 is 106 Å². The lowest BCUT2D eigenvalue weighted by Gasteiger charge is -2.48. The van der Waals surface area contributed by atoms with Gasteiger partial charge in [0.15, 0.2) is 23.9 Å². The third-order valence-electron chi connectivity index (χ3n) is 21.4. The Morgan fingerprint density at radius 2 is 1.36 bits per heavy atom. The van der Waals surface area contributed by atoms with Crippen molar-refractivity contribution in [1.82, 2.24) is 62.9 Å². The van der Waals surface area contributed by atoms with Gasteiger partial charge < -0.3 is 128 Å². The fraction of sp³-hybridized carbons (Fsp3) is 0.373. The van der Waals surface area contributed by atoms with Gasteiger partial charge in [-0.1, -0.05) is 79.0 Å². The van der Waals surface area contributed by atoms with Crippen LogP contribution in [0.4, 0.5) is 5.82 Å². The van der Waals surface area contributed by atoms with Crippen molar-refractivity contribution in [3.05, 3.63) is 180 Å². The molecule has 0 spiro atoms. The first-order valence-electron chi connectivity index (χ1n) is 39.4. The molecule has 7 aliphatic rings. The number of phenolic OH excluding ortho intramolecular Hbond substituents is 3. The summed E-state index contributed by atoms with van der Waals surface area (Å²) in [6, 6.07) is 7.16. The second-order valence-electron chi connectivity index (χ2n) is 31.0. The summed E-state index contributed by atoms with van der Waals surface area (Å²) in [5.41, 5.74) is 5.55. The third kappa shape index (κ3) is 21.3. The maximum atomic E-state index is 16.3. The second kappa shape index (κ2) is 39.6. The number of anilines is 1. The molecule has 18 unspecified atom stereocenters. The zero-order valence-electron chi connectivity index (χ0n) is 67.8. The van der Waals surface area contributed by atoms with Crippen LogP contribution in [-0.2, 0) is 68.7 Å². The molecule has 2 fully saturated rings. The van der Waals surface area contributed by atoms with Crippen molar-refractivity contribution < 1.29 is 122 Å². The zero-order valence-corrected chi connectivity index (χ0v) is 70.1. The predicted octanol–water partition coefficient (Wildman–Crippen LogP) is 1.38. The lowest BCUT2D eigenvalue weighted by molar-refractivity contribution is -0.334. The molecule has 6 aromatic carbocycles. The summed E-state index contributed by atoms with van der Waals surface area (Å²) in [6.45, 7) is 6.58. The van der Waals surface area contributed by atoms with Gasteiger partial charge in [-0.15, -0.1) is 0 Å². The smallest absolute Gasteiger partial charge is 0.349 e. The summed E-state index contributed by atoms with van der Waals surface area (Å²) in [5, 5.41) is 130. The minimum atomic E-state index is -2.41. The second-order valence-corrected chi connectivity index (χ2v) is 32.3. The predicted molar refractivity (Wildman–Crippen MR) is 445 cm³/mol. The maximum absolute atomic E-state index is 16.3. The van der Waals surface area contributed by atoms with E-state index in [9.17, 15) is 74.7 Å². The zero-order chi connectivity index (χ0) is 91.2. The molecule has 670 valence electrons. The molecule has 8 heterocycles. The van der Waals surface area contributed by atoms with E-state index in [4.69, 9.17) is 69.0 Å². The Labute approximate surface area is 731 Å². The molecule has 0 radical (unpaired) electrons. The highest BCUT2D eigenvalue weighted by molar-refractivity contribution is 6.32. The molecular weight excluding hydrogens is 1720 g/mol. The van der Waals surface area contributed by atoms with Gasteiger partial charge in [-0.05, 0) is 145 Å². The molecule has 18 atom stereocenters. The number of aromatic nitrogens is 2. The fourth-order valence-corrected chi connectivity index (χ4v) is 15.5. The summed E-state index contributed by atoms with van der Waals surface area (Å²) in [6.07, 6.45) is -15.5. The number of aromatic hydroxyl groups is 3. The number of carbonyl (C=O) groups is 10. The van der Waals surface area contributed by atoms with Crippen molar-refractivity contribution in [2.45, 2.75) is 170 Å². The number of nitrogens with one attached hydrogen (secondary N) is 11. The van der Waals surface area contributed by atoms with E-state index in [1.807, 2.05) is 13.8 Å². The average Bonchev–Trinajstić information content (AvgIpc) is 0.764. The molecule has 40 nitrogen and oxygen atoms in total. The van der Waals surface area contributed by atoms with Crippen LogP contribution in [0.2, 0.25) is 15.1 Å². The maximum Gasteiger partial charge on any atom is 0.349 e. The molecule has 0 saturated carbocycles. The van der Waals surface area contributed by atoms with Gasteiger partial charge in [0, 0.05) is 66.5 Å². The average molecular weight is 1810 g/mol. The number of rotatable bonds is 20. The Morgan fingerprint density at radius 1 is 0.714 bits per heavy atom. The molecule has 14 rings (SSSR count). The third-order valence-corrected chi connectivity index (χ3v) is 22.3. The van der Waals surface area contributed by atoms with E-state index < -0.39 is 260 Å². The minimum absolute atomic E-state index is 0.0398. The number of halogens is 3. The lowest BCUT2D eigenvalue weighted by Crippen LogP contribution is -2.65. The number of hydrogen-bond donors (Lipinski definition) is 21. The molecule has 1 aromatic heterocycles. The molecule has 7 aromatic rings. The van der Waals surface area contributed by atoms with E-state index >= 15 is 24.0 Å². The van der Waals surface area contributed by atoms with Crippen LogP contribution >= 0.6 is 34.8 Å². The Morgan fingerprint density at radius 3 is 1.98 bits per heavy atom. The van der Waals surface area contributed by atoms with Crippen molar-refractivity contribution in [1.29, 1.82) is 0 Å². The van der Waals surface area contributed by atoms with Crippen molar-refractivity contribution in [3.8, 4) is 57.1 Å². The number of aliphatic hydroxyl groups is 6. The number of aliphatic hydroxyl groups excluding tert-OH is 6. The van der Waals surface area contributed by atoms with E-state index in [0.29, 0.717) is 10.6 Å². The first-order valence-corrected chi connectivity index (χ1v) is 40.5. The Hall–Kier alpha value is -12.1. The summed E-state index contributed by atoms with van der Waals surface area (Å²) in [5.74, 6) is -17.4. The first-order chi connectivity index (χ1) is 59.8. The molecule has 2 saturated heterocycles. The molecule has 11 bridgehead atoms. The normalized spacial score (nSPS) is 25.8. The molecular formula is C83H91Cl3N14O26. The van der Waals surface area contributed by atoms with E-state index in [-0.39, 0.29) is 60.1 Å². The van der Waals surface area contributed by atoms with Gasteiger partial charge in [-0.2, -0.15) is 4.98 Å². The van der Waals surface area contributed by atoms with E-state index in [2.05, 4.69) is 63.7 Å². The summed E-state index contributed by atoms with van der Waals surface area (Å²) in [7, 11) is 1.46. The van der Waals surface area contributed by atoms with Crippen molar-refractivity contribution in [2.24, 2.45) is 11.7 Å². The number of likely N-dealkylation sites (N-methyl/N-ethyl adjacent to an activating group) is 1. The van der Waals surface area contributed by atoms with Crippen LogP contribution in [0.15, 0.2) is 126 Å². The lowest BCUT2D eigenvalue weighted by atomic mass is 9.85. The highest BCUT2D eigenvalue weighted by atomic mass is 35.5. The van der Waals surface area contributed by atoms with Crippen LogP contribution < -0.4 is 84.3 Å². The summed E-state index contributed by atoms with van der Waals surface area (Å²) < 4.78 is 40.6. The van der Waals surface area contributed by atoms with E-state index in [1.54, 1.807) is 31.2 Å². The number of benzene rings is 6. The number of ether oxygens (including phenoxy) is 6. The Balaban J connectivity index is 0.999. The van der Waals surface area contributed by atoms with Gasteiger partial charge in [-0.3, -0.25) is 63.4 Å². The fourth-order valence-electron chi connectivity index (χ4n) is 14.9. The molecule has 126 heavy (non-hydrogen) atoms. The Bertz CT molecular complexity index is 5460. The number of hydrazine groups is 1. The van der Waals surface area contributed by atoms with E-state index in [1.165, 1.54) is 55.1 Å². The van der Waals surface area contributed by atoms with Crippen LogP contribution in [0.25, 0.3) is 17.2 Å².